The molecule has 4 heterocycles. The number of methoxy groups -OCH3 is 1. The smallest absolute Gasteiger partial charge is 0.290 e. The molecule has 2 amide bonds. The zero-order chi connectivity index (χ0) is 23.9. The van der Waals surface area contributed by atoms with Crippen molar-refractivity contribution in [2.75, 3.05) is 39.8 Å². The van der Waals surface area contributed by atoms with Gasteiger partial charge in [0, 0.05) is 49.6 Å². The fraction of sp³-hybridized carbons (Fsp3) is 0.560. The summed E-state index contributed by atoms with van der Waals surface area (Å²) < 4.78 is 11.2. The van der Waals surface area contributed by atoms with Crippen molar-refractivity contribution in [2.45, 2.75) is 31.2 Å². The molecule has 0 unspecified atom stereocenters. The molecule has 0 radical (unpaired) electrons. The van der Waals surface area contributed by atoms with Crippen LogP contribution in [0.15, 0.2) is 28.7 Å². The van der Waals surface area contributed by atoms with E-state index >= 15 is 0 Å². The van der Waals surface area contributed by atoms with Crippen molar-refractivity contribution in [1.29, 1.82) is 0 Å². The number of nitrogens with one attached hydrogen (secondary N) is 1. The highest BCUT2D eigenvalue weighted by molar-refractivity contribution is 5.97. The zero-order valence-corrected chi connectivity index (χ0v) is 19.4. The van der Waals surface area contributed by atoms with Gasteiger partial charge in [0.2, 0.25) is 5.91 Å². The molecule has 4 fully saturated rings. The van der Waals surface area contributed by atoms with Crippen molar-refractivity contribution >= 4 is 29.3 Å². The third-order valence-corrected chi connectivity index (χ3v) is 7.91. The number of furan rings is 1. The Hall–Kier alpha value is -3.07. The minimum absolute atomic E-state index is 0.0873. The van der Waals surface area contributed by atoms with Crippen LogP contribution in [0.5, 0.6) is 5.75 Å². The summed E-state index contributed by atoms with van der Waals surface area (Å²) in [6, 6.07) is 7.44. The molecule has 1 aromatic carbocycles. The number of carboxylic acid groups (broad SMARTS) is 1. The van der Waals surface area contributed by atoms with Crippen LogP contribution in [0.25, 0.3) is 11.0 Å². The van der Waals surface area contributed by atoms with Gasteiger partial charge in [-0.3, -0.25) is 14.4 Å². The Bertz CT molecular complexity index is 1090. The molecule has 1 aromatic heterocycles. The number of ether oxygens (including phenoxy) is 1. The second-order valence-electron chi connectivity index (χ2n) is 9.91. The number of hydrogen-bond donors (Lipinski definition) is 2. The number of para-hydroxylation sites is 1. The molecular weight excluding hydrogens is 438 g/mol. The number of nitrogens with zero attached hydrogens (tertiary/aromatic N) is 2. The lowest BCUT2D eigenvalue weighted by Crippen LogP contribution is -2.56. The van der Waals surface area contributed by atoms with E-state index in [4.69, 9.17) is 19.1 Å². The molecule has 0 bridgehead atoms. The Balaban J connectivity index is 0.000000764. The fourth-order valence-electron chi connectivity index (χ4n) is 6.02. The lowest BCUT2D eigenvalue weighted by molar-refractivity contribution is -0.123. The van der Waals surface area contributed by atoms with E-state index in [1.165, 1.54) is 12.8 Å². The van der Waals surface area contributed by atoms with Crippen LogP contribution in [0.4, 0.5) is 0 Å². The van der Waals surface area contributed by atoms with E-state index < -0.39 is 0 Å². The van der Waals surface area contributed by atoms with Gasteiger partial charge in [-0.05, 0) is 43.7 Å². The summed E-state index contributed by atoms with van der Waals surface area (Å²) in [7, 11) is 1.60. The van der Waals surface area contributed by atoms with E-state index in [0.717, 1.165) is 43.8 Å². The number of hydrogen-bond acceptors (Lipinski definition) is 6. The zero-order valence-electron chi connectivity index (χ0n) is 19.4. The number of benzene rings is 1. The van der Waals surface area contributed by atoms with Crippen LogP contribution >= 0.6 is 0 Å². The average molecular weight is 470 g/mol. The van der Waals surface area contributed by atoms with Gasteiger partial charge in [0.1, 0.15) is 0 Å². The highest BCUT2D eigenvalue weighted by atomic mass is 16.5. The molecule has 34 heavy (non-hydrogen) atoms. The third kappa shape index (κ3) is 4.02. The Morgan fingerprint density at radius 2 is 2.03 bits per heavy atom. The largest absolute Gasteiger partial charge is 0.493 e. The minimum Gasteiger partial charge on any atom is -0.493 e. The third-order valence-electron chi connectivity index (χ3n) is 7.91. The maximum Gasteiger partial charge on any atom is 0.290 e. The maximum atomic E-state index is 13.1. The molecule has 182 valence electrons. The van der Waals surface area contributed by atoms with Gasteiger partial charge in [-0.2, -0.15) is 0 Å². The van der Waals surface area contributed by atoms with Crippen LogP contribution in [0.1, 0.15) is 36.2 Å². The van der Waals surface area contributed by atoms with Gasteiger partial charge in [0.05, 0.1) is 13.0 Å². The molecular formula is C25H31N3O6. The Morgan fingerprint density at radius 1 is 1.29 bits per heavy atom. The second-order valence-corrected chi connectivity index (χ2v) is 9.91. The van der Waals surface area contributed by atoms with Crippen molar-refractivity contribution in [1.82, 2.24) is 15.1 Å². The molecule has 1 saturated carbocycles. The van der Waals surface area contributed by atoms with Crippen LogP contribution in [0.3, 0.4) is 0 Å². The number of amides is 2. The molecule has 9 heteroatoms. The number of likely N-dealkylation sites (tertiary alicyclic amines) is 2. The summed E-state index contributed by atoms with van der Waals surface area (Å²) in [5.41, 5.74) is 0.447. The molecule has 3 aliphatic heterocycles. The van der Waals surface area contributed by atoms with E-state index in [1.54, 1.807) is 13.2 Å². The Labute approximate surface area is 198 Å². The van der Waals surface area contributed by atoms with Gasteiger partial charge >= 0.3 is 0 Å². The Morgan fingerprint density at radius 3 is 2.71 bits per heavy atom. The molecule has 9 nitrogen and oxygen atoms in total. The van der Waals surface area contributed by atoms with E-state index in [9.17, 15) is 9.59 Å². The Kier molecular flexibility index (Phi) is 5.97. The predicted octanol–water partition coefficient (Wildman–Crippen LogP) is 2.20. The summed E-state index contributed by atoms with van der Waals surface area (Å²) >= 11 is 0. The molecule has 2 atom stereocenters. The molecule has 4 aliphatic rings. The van der Waals surface area contributed by atoms with Gasteiger partial charge in [0.15, 0.2) is 17.1 Å². The summed E-state index contributed by atoms with van der Waals surface area (Å²) in [4.78, 5) is 38.6. The molecule has 2 aromatic rings. The first kappa shape index (κ1) is 22.7. The molecule has 1 spiro atoms. The fourth-order valence-corrected chi connectivity index (χ4v) is 6.02. The maximum absolute atomic E-state index is 13.1. The quantitative estimate of drug-likeness (QED) is 0.660. The van der Waals surface area contributed by atoms with Crippen LogP contribution in [-0.2, 0) is 9.59 Å². The summed E-state index contributed by atoms with van der Waals surface area (Å²) in [6.45, 7) is 4.09. The molecule has 3 saturated heterocycles. The van der Waals surface area contributed by atoms with E-state index in [0.29, 0.717) is 36.1 Å². The van der Waals surface area contributed by atoms with E-state index in [-0.39, 0.29) is 29.7 Å². The summed E-state index contributed by atoms with van der Waals surface area (Å²) in [6.07, 6.45) is 4.31. The van der Waals surface area contributed by atoms with Gasteiger partial charge < -0.3 is 29.4 Å². The van der Waals surface area contributed by atoms with Crippen LogP contribution in [0, 0.1) is 17.8 Å². The summed E-state index contributed by atoms with van der Waals surface area (Å²) in [5.74, 6) is 2.43. The van der Waals surface area contributed by atoms with Crippen molar-refractivity contribution in [3.8, 4) is 5.75 Å². The normalized spacial score (nSPS) is 25.6. The molecule has 2 N–H and O–H groups in total. The van der Waals surface area contributed by atoms with Crippen LogP contribution in [0.2, 0.25) is 0 Å². The topological polar surface area (TPSA) is 112 Å². The molecule has 1 aliphatic carbocycles. The van der Waals surface area contributed by atoms with E-state index in [2.05, 4.69) is 10.2 Å². The lowest BCUT2D eigenvalue weighted by atomic mass is 9.75. The van der Waals surface area contributed by atoms with Crippen molar-refractivity contribution in [3.63, 3.8) is 0 Å². The van der Waals surface area contributed by atoms with Gasteiger partial charge in [-0.15, -0.1) is 0 Å². The first-order valence-electron chi connectivity index (χ1n) is 12.0. The lowest BCUT2D eigenvalue weighted by Gasteiger charge is -2.42. The van der Waals surface area contributed by atoms with Crippen molar-refractivity contribution in [3.05, 3.63) is 30.0 Å². The van der Waals surface area contributed by atoms with Gasteiger partial charge in [-0.25, -0.2) is 0 Å². The SMILES string of the molecule is COc1cccc2cc(C(=O)N3CCC4(CC3)NC(=O)[C@@H]3CN(CC5CC5)C[C@@H]34)oc12.O=CO. The van der Waals surface area contributed by atoms with Crippen molar-refractivity contribution < 1.29 is 28.6 Å². The van der Waals surface area contributed by atoms with Crippen molar-refractivity contribution in [2.24, 2.45) is 17.8 Å². The standard InChI is InChI=1S/C24H29N3O4.CH2O2/c1-30-19-4-2-3-16-11-20(31-21(16)19)23(29)27-9-7-24(8-10-27)18-14-26(12-15-5-6-15)13-17(18)22(28)25-24;2-1-3/h2-4,11,15,17-18H,5-10,12-14H2,1H3,(H,25,28);1H,(H,2,3)/t17-,18+;/m1./s1. The predicted molar refractivity (Wildman–Crippen MR) is 124 cm³/mol. The highest BCUT2D eigenvalue weighted by Crippen LogP contribution is 2.45. The number of carbonyl (C=O) groups excluding carboxylic acids is 2. The van der Waals surface area contributed by atoms with Gasteiger partial charge in [0.25, 0.3) is 12.4 Å². The number of carbonyl (C=O) groups is 3. The summed E-state index contributed by atoms with van der Waals surface area (Å²) in [5, 5.41) is 11.1. The first-order chi connectivity index (χ1) is 16.5. The molecule has 6 rings (SSSR count). The highest BCUT2D eigenvalue weighted by Gasteiger charge is 2.57. The van der Waals surface area contributed by atoms with Gasteiger partial charge in [-0.1, -0.05) is 12.1 Å². The number of rotatable bonds is 4. The minimum atomic E-state index is -0.250. The van der Waals surface area contributed by atoms with E-state index in [1.807, 2.05) is 23.1 Å². The monoisotopic (exact) mass is 469 g/mol. The van der Waals surface area contributed by atoms with Crippen LogP contribution < -0.4 is 10.1 Å². The first-order valence-corrected chi connectivity index (χ1v) is 12.0. The van der Waals surface area contributed by atoms with Crippen LogP contribution in [-0.4, -0.2) is 78.6 Å². The number of piperidine rings is 1. The average Bonchev–Trinajstić information content (AvgIpc) is 3.27. The number of fused-ring (bicyclic) bond motifs is 3. The second kappa shape index (κ2) is 8.94.